The zero-order valence-corrected chi connectivity index (χ0v) is 11.7. The van der Waals surface area contributed by atoms with Crippen LogP contribution in [0, 0.1) is 0 Å². The summed E-state index contributed by atoms with van der Waals surface area (Å²) in [6.07, 6.45) is -0.415. The Labute approximate surface area is 119 Å². The second kappa shape index (κ2) is 5.10. The summed E-state index contributed by atoms with van der Waals surface area (Å²) < 4.78 is 6.88. The fourth-order valence-corrected chi connectivity index (χ4v) is 2.43. The molecule has 9 nitrogen and oxygen atoms in total. The molecular weight excluding hydrogens is 278 g/mol. The largest absolute Gasteiger partial charge is 0.394 e. The summed E-state index contributed by atoms with van der Waals surface area (Å²) in [6, 6.07) is 0. The Bertz CT molecular complexity index is 709. The normalized spacial score (nSPS) is 25.6. The molecular formula is C12H17N5O4. The molecule has 21 heavy (non-hydrogen) atoms. The second-order valence-electron chi connectivity index (χ2n) is 5.22. The average molecular weight is 295 g/mol. The van der Waals surface area contributed by atoms with Gasteiger partial charge in [-0.3, -0.25) is 0 Å². The Hall–Kier alpha value is -1.97. The van der Waals surface area contributed by atoms with Crippen LogP contribution in [-0.4, -0.2) is 62.6 Å². The fourth-order valence-electron chi connectivity index (χ4n) is 2.43. The summed E-state index contributed by atoms with van der Waals surface area (Å²) >= 11 is 0. The molecule has 0 amide bonds. The fraction of sp³-hybridized carbons (Fsp3) is 0.583. The van der Waals surface area contributed by atoms with Gasteiger partial charge in [0.1, 0.15) is 17.8 Å². The van der Waals surface area contributed by atoms with Crippen molar-refractivity contribution in [2.75, 3.05) is 25.6 Å². The number of aliphatic hydroxyl groups excluding tert-OH is 2. The van der Waals surface area contributed by atoms with Gasteiger partial charge in [-0.1, -0.05) is 0 Å². The van der Waals surface area contributed by atoms with Crippen LogP contribution in [0.25, 0.3) is 11.2 Å². The van der Waals surface area contributed by atoms with Gasteiger partial charge in [-0.15, -0.1) is 0 Å². The highest BCUT2D eigenvalue weighted by molar-refractivity contribution is 5.71. The number of H-pyrrole nitrogens is 1. The number of imidazole rings is 1. The molecule has 0 aromatic carbocycles. The van der Waals surface area contributed by atoms with E-state index in [-0.39, 0.29) is 18.7 Å². The minimum atomic E-state index is -0.813. The van der Waals surface area contributed by atoms with Gasteiger partial charge in [-0.2, -0.15) is 4.98 Å². The maximum absolute atomic E-state index is 12.1. The Morgan fingerprint density at radius 2 is 2.33 bits per heavy atom. The van der Waals surface area contributed by atoms with Crippen LogP contribution in [0.15, 0.2) is 11.0 Å². The van der Waals surface area contributed by atoms with Gasteiger partial charge in [-0.25, -0.2) is 14.3 Å². The molecule has 0 unspecified atom stereocenters. The minimum Gasteiger partial charge on any atom is -0.394 e. The van der Waals surface area contributed by atoms with Gasteiger partial charge in [0.25, 0.3) is 0 Å². The zero-order chi connectivity index (χ0) is 15.1. The van der Waals surface area contributed by atoms with Crippen molar-refractivity contribution < 1.29 is 14.9 Å². The van der Waals surface area contributed by atoms with E-state index in [0.29, 0.717) is 17.1 Å². The predicted octanol–water partition coefficient (Wildman–Crippen LogP) is -1.17. The van der Waals surface area contributed by atoms with Gasteiger partial charge >= 0.3 is 5.69 Å². The van der Waals surface area contributed by atoms with Gasteiger partial charge < -0.3 is 24.8 Å². The molecule has 1 saturated heterocycles. The van der Waals surface area contributed by atoms with Gasteiger partial charge in [0.05, 0.1) is 18.9 Å². The molecule has 0 aliphatic carbocycles. The Kier molecular flexibility index (Phi) is 3.40. The third kappa shape index (κ3) is 2.28. The van der Waals surface area contributed by atoms with Gasteiger partial charge in [-0.05, 0) is 0 Å². The molecule has 0 saturated carbocycles. The second-order valence-corrected chi connectivity index (χ2v) is 5.22. The van der Waals surface area contributed by atoms with Crippen molar-refractivity contribution in [3.05, 3.63) is 16.7 Å². The molecule has 9 heteroatoms. The quantitative estimate of drug-likeness (QED) is 0.653. The van der Waals surface area contributed by atoms with Gasteiger partial charge in [0, 0.05) is 20.5 Å². The lowest BCUT2D eigenvalue weighted by Gasteiger charge is -2.14. The molecule has 3 atom stereocenters. The number of nitrogens with one attached hydrogen (secondary N) is 1. The van der Waals surface area contributed by atoms with Crippen molar-refractivity contribution in [2.45, 2.75) is 24.9 Å². The first-order chi connectivity index (χ1) is 10.0. The monoisotopic (exact) mass is 295 g/mol. The van der Waals surface area contributed by atoms with E-state index in [0.717, 1.165) is 0 Å². The number of aromatic nitrogens is 4. The summed E-state index contributed by atoms with van der Waals surface area (Å²) in [6.45, 7) is -0.299. The molecule has 0 bridgehead atoms. The van der Waals surface area contributed by atoms with Crippen molar-refractivity contribution in [3.63, 3.8) is 0 Å². The Morgan fingerprint density at radius 3 is 2.95 bits per heavy atom. The zero-order valence-electron chi connectivity index (χ0n) is 11.7. The van der Waals surface area contributed by atoms with E-state index in [9.17, 15) is 9.90 Å². The SMILES string of the molecule is CN(C)c1ncc2[nH]c(=O)n([C@@H]3C[C@@H](O)[C@H](CO)O3)c2n1. The molecule has 0 spiro atoms. The first-order valence-electron chi connectivity index (χ1n) is 6.60. The molecule has 2 aromatic heterocycles. The summed E-state index contributed by atoms with van der Waals surface area (Å²) in [7, 11) is 3.60. The van der Waals surface area contributed by atoms with Crippen molar-refractivity contribution in [3.8, 4) is 0 Å². The van der Waals surface area contributed by atoms with Crippen molar-refractivity contribution >= 4 is 17.1 Å². The molecule has 3 rings (SSSR count). The number of aromatic amines is 1. The molecule has 1 aliphatic heterocycles. The highest BCUT2D eigenvalue weighted by Gasteiger charge is 2.36. The number of fused-ring (bicyclic) bond motifs is 1. The Balaban J connectivity index is 2.07. The minimum absolute atomic E-state index is 0.222. The third-order valence-corrected chi connectivity index (χ3v) is 3.52. The average Bonchev–Trinajstić information content (AvgIpc) is 2.96. The maximum Gasteiger partial charge on any atom is 0.329 e. The summed E-state index contributed by atoms with van der Waals surface area (Å²) in [5.74, 6) is 0.465. The van der Waals surface area contributed by atoms with E-state index in [2.05, 4.69) is 15.0 Å². The van der Waals surface area contributed by atoms with E-state index in [1.807, 2.05) is 0 Å². The topological polar surface area (TPSA) is 117 Å². The number of aliphatic hydroxyl groups is 2. The number of nitrogens with zero attached hydrogens (tertiary/aromatic N) is 4. The van der Waals surface area contributed by atoms with Crippen LogP contribution >= 0.6 is 0 Å². The van der Waals surface area contributed by atoms with Crippen molar-refractivity contribution in [1.82, 2.24) is 19.5 Å². The van der Waals surface area contributed by atoms with Crippen LogP contribution in [0.1, 0.15) is 12.6 Å². The number of anilines is 1. The van der Waals surface area contributed by atoms with E-state index >= 15 is 0 Å². The van der Waals surface area contributed by atoms with E-state index in [1.165, 1.54) is 10.8 Å². The highest BCUT2D eigenvalue weighted by atomic mass is 16.5. The van der Waals surface area contributed by atoms with Crippen LogP contribution < -0.4 is 10.6 Å². The van der Waals surface area contributed by atoms with Crippen molar-refractivity contribution in [2.24, 2.45) is 0 Å². The summed E-state index contributed by atoms with van der Waals surface area (Å²) in [4.78, 5) is 25.0. The number of hydrogen-bond donors (Lipinski definition) is 3. The van der Waals surface area contributed by atoms with E-state index < -0.39 is 18.4 Å². The summed E-state index contributed by atoms with van der Waals surface area (Å²) in [5.41, 5.74) is 0.525. The molecule has 3 heterocycles. The number of ether oxygens (including phenoxy) is 1. The lowest BCUT2D eigenvalue weighted by Crippen LogP contribution is -2.25. The number of hydrogen-bond acceptors (Lipinski definition) is 7. The van der Waals surface area contributed by atoms with Crippen molar-refractivity contribution in [1.29, 1.82) is 0 Å². The molecule has 0 radical (unpaired) electrons. The molecule has 114 valence electrons. The van der Waals surface area contributed by atoms with E-state index in [4.69, 9.17) is 9.84 Å². The van der Waals surface area contributed by atoms with Gasteiger partial charge in [0.15, 0.2) is 5.65 Å². The first kappa shape index (κ1) is 14.0. The lowest BCUT2D eigenvalue weighted by atomic mass is 10.2. The summed E-state index contributed by atoms with van der Waals surface area (Å²) in [5, 5.41) is 19.0. The van der Waals surface area contributed by atoms with Crippen LogP contribution in [-0.2, 0) is 4.74 Å². The molecule has 2 aromatic rings. The van der Waals surface area contributed by atoms with Crippen LogP contribution in [0.5, 0.6) is 0 Å². The lowest BCUT2D eigenvalue weighted by molar-refractivity contribution is -0.0441. The van der Waals surface area contributed by atoms with Crippen LogP contribution in [0.3, 0.4) is 0 Å². The molecule has 1 fully saturated rings. The maximum atomic E-state index is 12.1. The van der Waals surface area contributed by atoms with E-state index in [1.54, 1.807) is 19.0 Å². The first-order valence-corrected chi connectivity index (χ1v) is 6.60. The number of rotatable bonds is 3. The highest BCUT2D eigenvalue weighted by Crippen LogP contribution is 2.29. The van der Waals surface area contributed by atoms with Crippen LogP contribution in [0.2, 0.25) is 0 Å². The Morgan fingerprint density at radius 1 is 1.57 bits per heavy atom. The van der Waals surface area contributed by atoms with Gasteiger partial charge in [0.2, 0.25) is 5.95 Å². The third-order valence-electron chi connectivity index (χ3n) is 3.52. The molecule has 3 N–H and O–H groups in total. The standard InChI is InChI=1S/C12H17N5O4/c1-16(2)11-13-4-6-10(15-11)17(12(20)14-6)9-3-7(19)8(5-18)21-9/h4,7-9,18-19H,3,5H2,1-2H3,(H,14,20)/t7-,8+,9+/m1/s1. The van der Waals surface area contributed by atoms with Crippen LogP contribution in [0.4, 0.5) is 5.95 Å². The molecule has 1 aliphatic rings. The smallest absolute Gasteiger partial charge is 0.329 e. The predicted molar refractivity (Wildman–Crippen MR) is 74.1 cm³/mol.